The molecule has 0 saturated carbocycles. The SMILES string of the molecule is CCc1ccc(N(C)c2ccc(Cl)cc2N)cc1. The van der Waals surface area contributed by atoms with Crippen molar-refractivity contribution in [3.63, 3.8) is 0 Å². The molecule has 0 aliphatic carbocycles. The highest BCUT2D eigenvalue weighted by molar-refractivity contribution is 6.31. The van der Waals surface area contributed by atoms with Crippen molar-refractivity contribution in [1.82, 2.24) is 0 Å². The molecule has 2 rings (SSSR count). The zero-order chi connectivity index (χ0) is 13.1. The second kappa shape index (κ2) is 5.32. The predicted molar refractivity (Wildman–Crippen MR) is 79.7 cm³/mol. The number of hydrogen-bond donors (Lipinski definition) is 1. The number of hydrogen-bond acceptors (Lipinski definition) is 2. The van der Waals surface area contributed by atoms with Crippen LogP contribution in [0.5, 0.6) is 0 Å². The van der Waals surface area contributed by atoms with E-state index in [4.69, 9.17) is 17.3 Å². The van der Waals surface area contributed by atoms with Crippen LogP contribution >= 0.6 is 11.6 Å². The number of aryl methyl sites for hydroxylation is 1. The van der Waals surface area contributed by atoms with E-state index in [9.17, 15) is 0 Å². The van der Waals surface area contributed by atoms with Crippen molar-refractivity contribution in [3.05, 3.63) is 53.1 Å². The predicted octanol–water partition coefficient (Wildman–Crippen LogP) is 4.25. The van der Waals surface area contributed by atoms with Crippen molar-refractivity contribution < 1.29 is 0 Å². The van der Waals surface area contributed by atoms with Crippen molar-refractivity contribution in [1.29, 1.82) is 0 Å². The third-order valence-corrected chi connectivity index (χ3v) is 3.32. The van der Waals surface area contributed by atoms with Gasteiger partial charge in [0.2, 0.25) is 0 Å². The summed E-state index contributed by atoms with van der Waals surface area (Å²) in [7, 11) is 2.00. The average Bonchev–Trinajstić information content (AvgIpc) is 2.38. The van der Waals surface area contributed by atoms with Crippen LogP contribution in [-0.4, -0.2) is 7.05 Å². The Morgan fingerprint density at radius 1 is 1.11 bits per heavy atom. The van der Waals surface area contributed by atoms with Gasteiger partial charge in [-0.3, -0.25) is 0 Å². The molecule has 0 unspecified atom stereocenters. The first-order valence-electron chi connectivity index (χ1n) is 5.99. The summed E-state index contributed by atoms with van der Waals surface area (Å²) in [5, 5.41) is 0.658. The summed E-state index contributed by atoms with van der Waals surface area (Å²) < 4.78 is 0. The second-order valence-corrected chi connectivity index (χ2v) is 4.72. The highest BCUT2D eigenvalue weighted by Gasteiger charge is 2.07. The monoisotopic (exact) mass is 260 g/mol. The van der Waals surface area contributed by atoms with E-state index in [1.54, 1.807) is 6.07 Å². The molecule has 2 aromatic carbocycles. The van der Waals surface area contributed by atoms with E-state index < -0.39 is 0 Å². The molecule has 0 bridgehead atoms. The van der Waals surface area contributed by atoms with Gasteiger partial charge in [0.05, 0.1) is 11.4 Å². The molecule has 94 valence electrons. The van der Waals surface area contributed by atoms with Gasteiger partial charge in [0, 0.05) is 17.8 Å². The first-order chi connectivity index (χ1) is 8.61. The molecule has 0 aliphatic rings. The van der Waals surface area contributed by atoms with Crippen molar-refractivity contribution >= 4 is 28.7 Å². The Labute approximate surface area is 113 Å². The van der Waals surface area contributed by atoms with E-state index in [0.717, 1.165) is 17.8 Å². The highest BCUT2D eigenvalue weighted by atomic mass is 35.5. The zero-order valence-corrected chi connectivity index (χ0v) is 11.4. The van der Waals surface area contributed by atoms with Crippen LogP contribution in [0.3, 0.4) is 0 Å². The van der Waals surface area contributed by atoms with Crippen molar-refractivity contribution in [2.24, 2.45) is 0 Å². The molecule has 3 heteroatoms. The smallest absolute Gasteiger partial charge is 0.0642 e. The van der Waals surface area contributed by atoms with Crippen molar-refractivity contribution in [2.75, 3.05) is 17.7 Å². The summed E-state index contributed by atoms with van der Waals surface area (Å²) in [4.78, 5) is 2.06. The second-order valence-electron chi connectivity index (χ2n) is 4.28. The number of anilines is 3. The fourth-order valence-corrected chi connectivity index (χ4v) is 2.11. The van der Waals surface area contributed by atoms with E-state index in [0.29, 0.717) is 10.7 Å². The lowest BCUT2D eigenvalue weighted by molar-refractivity contribution is 1.13. The molecule has 0 saturated heterocycles. The van der Waals surface area contributed by atoms with Gasteiger partial charge in [-0.15, -0.1) is 0 Å². The van der Waals surface area contributed by atoms with Crippen LogP contribution in [0.1, 0.15) is 12.5 Å². The number of nitrogen functional groups attached to an aromatic ring is 1. The minimum absolute atomic E-state index is 0.658. The number of nitrogens with zero attached hydrogens (tertiary/aromatic N) is 1. The third-order valence-electron chi connectivity index (χ3n) is 3.08. The Hall–Kier alpha value is -1.67. The zero-order valence-electron chi connectivity index (χ0n) is 10.7. The summed E-state index contributed by atoms with van der Waals surface area (Å²) in [5.41, 5.74) is 10.1. The molecule has 0 spiro atoms. The summed E-state index contributed by atoms with van der Waals surface area (Å²) in [5.74, 6) is 0. The first-order valence-corrected chi connectivity index (χ1v) is 6.37. The normalized spacial score (nSPS) is 10.4. The van der Waals surface area contributed by atoms with Gasteiger partial charge in [-0.25, -0.2) is 0 Å². The van der Waals surface area contributed by atoms with E-state index >= 15 is 0 Å². The highest BCUT2D eigenvalue weighted by Crippen LogP contribution is 2.30. The van der Waals surface area contributed by atoms with E-state index in [-0.39, 0.29) is 0 Å². The van der Waals surface area contributed by atoms with Crippen LogP contribution in [0.4, 0.5) is 17.1 Å². The molecular weight excluding hydrogens is 244 g/mol. The van der Waals surface area contributed by atoms with Gasteiger partial charge in [0.1, 0.15) is 0 Å². The molecule has 2 aromatic rings. The van der Waals surface area contributed by atoms with E-state index in [2.05, 4.69) is 36.1 Å². The Morgan fingerprint density at radius 2 is 1.78 bits per heavy atom. The third kappa shape index (κ3) is 2.59. The molecule has 2 nitrogen and oxygen atoms in total. The molecule has 0 aromatic heterocycles. The number of benzene rings is 2. The van der Waals surface area contributed by atoms with Crippen LogP contribution in [-0.2, 0) is 6.42 Å². The fourth-order valence-electron chi connectivity index (χ4n) is 1.93. The van der Waals surface area contributed by atoms with E-state index in [1.165, 1.54) is 5.56 Å². The summed E-state index contributed by atoms with van der Waals surface area (Å²) in [6, 6.07) is 14.0. The lowest BCUT2D eigenvalue weighted by Gasteiger charge is -2.21. The standard InChI is InChI=1S/C15H17ClN2/c1-3-11-4-7-13(8-5-11)18(2)15-9-6-12(16)10-14(15)17/h4-10H,3,17H2,1-2H3. The molecule has 18 heavy (non-hydrogen) atoms. The number of rotatable bonds is 3. The maximum atomic E-state index is 5.99. The first kappa shape index (κ1) is 12.8. The van der Waals surface area contributed by atoms with Crippen LogP contribution in [0.25, 0.3) is 0 Å². The maximum Gasteiger partial charge on any atom is 0.0642 e. The molecular formula is C15H17ClN2. The van der Waals surface area contributed by atoms with Gasteiger partial charge < -0.3 is 10.6 Å². The van der Waals surface area contributed by atoms with Crippen molar-refractivity contribution in [3.8, 4) is 0 Å². The number of halogens is 1. The molecule has 0 heterocycles. The van der Waals surface area contributed by atoms with Gasteiger partial charge >= 0.3 is 0 Å². The van der Waals surface area contributed by atoms with Crippen LogP contribution in [0, 0.1) is 0 Å². The summed E-state index contributed by atoms with van der Waals surface area (Å²) in [6.07, 6.45) is 1.05. The van der Waals surface area contributed by atoms with Crippen molar-refractivity contribution in [2.45, 2.75) is 13.3 Å². The fraction of sp³-hybridized carbons (Fsp3) is 0.200. The lowest BCUT2D eigenvalue weighted by atomic mass is 10.1. The molecule has 0 amide bonds. The van der Waals surface area contributed by atoms with Crippen LogP contribution in [0.15, 0.2) is 42.5 Å². The Bertz CT molecular complexity index is 535. The molecule has 0 fully saturated rings. The van der Waals surface area contributed by atoms with Crippen LogP contribution < -0.4 is 10.6 Å². The Kier molecular flexibility index (Phi) is 3.78. The number of nitrogens with two attached hydrogens (primary N) is 1. The van der Waals surface area contributed by atoms with Gasteiger partial charge in [0.15, 0.2) is 0 Å². The summed E-state index contributed by atoms with van der Waals surface area (Å²) in [6.45, 7) is 2.15. The van der Waals surface area contributed by atoms with Crippen LogP contribution in [0.2, 0.25) is 5.02 Å². The van der Waals surface area contributed by atoms with Gasteiger partial charge in [-0.2, -0.15) is 0 Å². The van der Waals surface area contributed by atoms with Gasteiger partial charge in [0.25, 0.3) is 0 Å². The summed E-state index contributed by atoms with van der Waals surface area (Å²) >= 11 is 5.91. The Morgan fingerprint density at radius 3 is 2.33 bits per heavy atom. The van der Waals surface area contributed by atoms with E-state index in [1.807, 2.05) is 19.2 Å². The minimum Gasteiger partial charge on any atom is -0.397 e. The average molecular weight is 261 g/mol. The minimum atomic E-state index is 0.658. The molecule has 0 atom stereocenters. The maximum absolute atomic E-state index is 5.99. The van der Waals surface area contributed by atoms with Gasteiger partial charge in [-0.1, -0.05) is 30.7 Å². The quantitative estimate of drug-likeness (QED) is 0.836. The molecule has 0 aliphatic heterocycles. The topological polar surface area (TPSA) is 29.3 Å². The van der Waals surface area contributed by atoms with Gasteiger partial charge in [-0.05, 0) is 42.3 Å². The molecule has 2 N–H and O–H groups in total. The lowest BCUT2D eigenvalue weighted by Crippen LogP contribution is -2.11. The molecule has 0 radical (unpaired) electrons. The largest absolute Gasteiger partial charge is 0.397 e. The Balaban J connectivity index is 2.31.